The number of aromatic amines is 1. The summed E-state index contributed by atoms with van der Waals surface area (Å²) >= 11 is 0. The Hall–Kier alpha value is -4.41. The largest absolute Gasteiger partial charge is 0.496 e. The number of benzene rings is 3. The van der Waals surface area contributed by atoms with Crippen molar-refractivity contribution in [3.05, 3.63) is 77.4 Å². The van der Waals surface area contributed by atoms with Gasteiger partial charge in [-0.25, -0.2) is 0 Å². The van der Waals surface area contributed by atoms with Gasteiger partial charge in [-0.3, -0.25) is 0 Å². The van der Waals surface area contributed by atoms with Crippen LogP contribution in [0.15, 0.2) is 65.8 Å². The molecule has 1 aliphatic rings. The number of aromatic nitrogens is 1. The number of hydrogen-bond acceptors (Lipinski definition) is 6. The number of terminal acetylenes is 1. The summed E-state index contributed by atoms with van der Waals surface area (Å²) in [4.78, 5) is 11.6. The van der Waals surface area contributed by atoms with Gasteiger partial charge in [0.1, 0.15) is 29.6 Å². The number of nitrogens with one attached hydrogen (secondary N) is 1. The Balaban J connectivity index is 1.65. The summed E-state index contributed by atoms with van der Waals surface area (Å²) in [6, 6.07) is 19.4. The minimum Gasteiger partial charge on any atom is -0.496 e. The zero-order valence-electron chi connectivity index (χ0n) is 21.4. The molecule has 0 saturated carbocycles. The molecule has 1 heterocycles. The van der Waals surface area contributed by atoms with Gasteiger partial charge in [-0.1, -0.05) is 41.4 Å². The first-order valence-electron chi connectivity index (χ1n) is 12.0. The van der Waals surface area contributed by atoms with Crippen molar-refractivity contribution < 1.29 is 19.0 Å². The van der Waals surface area contributed by atoms with Crippen molar-refractivity contribution in [2.75, 3.05) is 41.5 Å². The minimum atomic E-state index is -0.645. The van der Waals surface area contributed by atoms with E-state index in [1.165, 1.54) is 0 Å². The molecule has 0 amide bonds. The standard InChI is InChI=1S/C30H29N3O4/c1-6-23(19-10-8-7-9-11-19)37-32-30-26-21-18-20(36-17-16-33(2)3)12-13-22(21)31-29(26)27-24(34-4)14-15-25(35-5)28(27)30/h1,7-15,18,23,31H,16-17H2,2-5H3/b32-30+. The molecule has 188 valence electrons. The fourth-order valence-electron chi connectivity index (χ4n) is 4.57. The van der Waals surface area contributed by atoms with Gasteiger partial charge in [0, 0.05) is 28.6 Å². The number of fused-ring (bicyclic) bond motifs is 5. The predicted octanol–water partition coefficient (Wildman–Crippen LogP) is 5.25. The molecule has 1 aromatic heterocycles. The van der Waals surface area contributed by atoms with Crippen LogP contribution in [0.25, 0.3) is 22.2 Å². The zero-order chi connectivity index (χ0) is 25.9. The lowest BCUT2D eigenvalue weighted by Gasteiger charge is -2.14. The highest BCUT2D eigenvalue weighted by Gasteiger charge is 2.36. The minimum absolute atomic E-state index is 0.581. The molecule has 7 nitrogen and oxygen atoms in total. The second-order valence-corrected chi connectivity index (χ2v) is 8.96. The van der Waals surface area contributed by atoms with Gasteiger partial charge in [-0.15, -0.1) is 6.42 Å². The number of ether oxygens (including phenoxy) is 3. The van der Waals surface area contributed by atoms with Crippen LogP contribution in [0, 0.1) is 12.3 Å². The molecule has 0 radical (unpaired) electrons. The molecule has 37 heavy (non-hydrogen) atoms. The van der Waals surface area contributed by atoms with E-state index in [0.29, 0.717) is 23.8 Å². The van der Waals surface area contributed by atoms with Gasteiger partial charge in [0.05, 0.1) is 31.0 Å². The third-order valence-electron chi connectivity index (χ3n) is 6.37. The maximum Gasteiger partial charge on any atom is 0.212 e. The maximum absolute atomic E-state index is 6.03. The highest BCUT2D eigenvalue weighted by Crippen LogP contribution is 2.49. The molecular weight excluding hydrogens is 466 g/mol. The van der Waals surface area contributed by atoms with Gasteiger partial charge in [-0.05, 0) is 44.4 Å². The molecule has 0 spiro atoms. The molecule has 7 heteroatoms. The van der Waals surface area contributed by atoms with Crippen LogP contribution in [0.4, 0.5) is 0 Å². The molecule has 5 rings (SSSR count). The van der Waals surface area contributed by atoms with Gasteiger partial charge >= 0.3 is 0 Å². The Labute approximate surface area is 216 Å². The summed E-state index contributed by atoms with van der Waals surface area (Å²) in [6.07, 6.45) is 5.18. The number of H-pyrrole nitrogens is 1. The van der Waals surface area contributed by atoms with Crippen molar-refractivity contribution in [2.24, 2.45) is 5.16 Å². The third-order valence-corrected chi connectivity index (χ3v) is 6.37. The Morgan fingerprint density at radius 3 is 2.35 bits per heavy atom. The van der Waals surface area contributed by atoms with E-state index in [1.54, 1.807) is 14.2 Å². The lowest BCUT2D eigenvalue weighted by atomic mass is 10.0. The van der Waals surface area contributed by atoms with Gasteiger partial charge in [0.25, 0.3) is 0 Å². The first-order valence-corrected chi connectivity index (χ1v) is 12.0. The Morgan fingerprint density at radius 2 is 1.68 bits per heavy atom. The number of oxime groups is 1. The van der Waals surface area contributed by atoms with E-state index in [2.05, 4.69) is 21.0 Å². The average Bonchev–Trinajstić information content (AvgIpc) is 3.44. The smallest absolute Gasteiger partial charge is 0.212 e. The Morgan fingerprint density at radius 1 is 0.946 bits per heavy atom. The monoisotopic (exact) mass is 495 g/mol. The molecule has 4 aromatic rings. The van der Waals surface area contributed by atoms with Crippen LogP contribution in [0.5, 0.6) is 17.2 Å². The molecule has 1 unspecified atom stereocenters. The summed E-state index contributed by atoms with van der Waals surface area (Å²) in [7, 11) is 7.32. The highest BCUT2D eigenvalue weighted by molar-refractivity contribution is 6.31. The lowest BCUT2D eigenvalue weighted by Crippen LogP contribution is -2.19. The second-order valence-electron chi connectivity index (χ2n) is 8.96. The van der Waals surface area contributed by atoms with Crippen LogP contribution in [0.1, 0.15) is 22.8 Å². The molecular formula is C30H29N3O4. The number of nitrogens with zero attached hydrogens (tertiary/aromatic N) is 2. The van der Waals surface area contributed by atoms with Crippen molar-refractivity contribution in [3.63, 3.8) is 0 Å². The first kappa shape index (κ1) is 24.3. The van der Waals surface area contributed by atoms with Crippen LogP contribution in [-0.2, 0) is 4.84 Å². The average molecular weight is 496 g/mol. The molecule has 0 bridgehead atoms. The quantitative estimate of drug-likeness (QED) is 0.224. The molecule has 1 atom stereocenters. The number of likely N-dealkylation sites (N-methyl/N-ethyl adjacent to an activating group) is 1. The number of rotatable bonds is 9. The van der Waals surface area contributed by atoms with Gasteiger partial charge in [-0.2, -0.15) is 0 Å². The fourth-order valence-corrected chi connectivity index (χ4v) is 4.57. The number of hydrogen-bond donors (Lipinski definition) is 1. The SMILES string of the molecule is C#CC(O/N=C1/c2c(OC)ccc(OC)c2-c2[nH]c3ccc(OCCN(C)C)cc3c21)c1ccccc1. The van der Waals surface area contributed by atoms with E-state index >= 15 is 0 Å². The van der Waals surface area contributed by atoms with E-state index in [4.69, 9.17) is 25.5 Å². The summed E-state index contributed by atoms with van der Waals surface area (Å²) < 4.78 is 17.5. The van der Waals surface area contributed by atoms with Gasteiger partial charge in [0.2, 0.25) is 6.10 Å². The van der Waals surface area contributed by atoms with E-state index < -0.39 is 6.10 Å². The Kier molecular flexibility index (Phi) is 6.76. The van der Waals surface area contributed by atoms with E-state index in [1.807, 2.05) is 74.8 Å². The summed E-state index contributed by atoms with van der Waals surface area (Å²) in [5, 5.41) is 5.60. The fraction of sp³-hybridized carbons (Fsp3) is 0.233. The van der Waals surface area contributed by atoms with Crippen molar-refractivity contribution in [1.29, 1.82) is 0 Å². The van der Waals surface area contributed by atoms with Crippen LogP contribution >= 0.6 is 0 Å². The highest BCUT2D eigenvalue weighted by atomic mass is 16.6. The van der Waals surface area contributed by atoms with E-state index in [9.17, 15) is 0 Å². The molecule has 0 fully saturated rings. The van der Waals surface area contributed by atoms with Crippen molar-refractivity contribution in [3.8, 4) is 40.8 Å². The van der Waals surface area contributed by atoms with Crippen LogP contribution in [-0.4, -0.2) is 57.1 Å². The molecule has 1 N–H and O–H groups in total. The Bertz CT molecular complexity index is 1500. The lowest BCUT2D eigenvalue weighted by molar-refractivity contribution is 0.100. The van der Waals surface area contributed by atoms with Crippen LogP contribution in [0.3, 0.4) is 0 Å². The number of methoxy groups -OCH3 is 2. The molecule has 3 aromatic carbocycles. The molecule has 0 saturated heterocycles. The van der Waals surface area contributed by atoms with Crippen LogP contribution in [0.2, 0.25) is 0 Å². The normalized spacial score (nSPS) is 13.8. The van der Waals surface area contributed by atoms with Crippen molar-refractivity contribution in [1.82, 2.24) is 9.88 Å². The summed E-state index contributed by atoms with van der Waals surface area (Å²) in [5.41, 5.74) is 5.83. The van der Waals surface area contributed by atoms with Crippen LogP contribution < -0.4 is 14.2 Å². The van der Waals surface area contributed by atoms with E-state index in [-0.39, 0.29) is 0 Å². The van der Waals surface area contributed by atoms with E-state index in [0.717, 1.165) is 51.1 Å². The first-order chi connectivity index (χ1) is 18.0. The van der Waals surface area contributed by atoms with Crippen molar-refractivity contribution in [2.45, 2.75) is 6.10 Å². The zero-order valence-corrected chi connectivity index (χ0v) is 21.4. The maximum atomic E-state index is 6.03. The van der Waals surface area contributed by atoms with Gasteiger partial charge < -0.3 is 28.9 Å². The predicted molar refractivity (Wildman–Crippen MR) is 146 cm³/mol. The van der Waals surface area contributed by atoms with Gasteiger partial charge in [0.15, 0.2) is 0 Å². The second kappa shape index (κ2) is 10.3. The topological polar surface area (TPSA) is 68.3 Å². The molecule has 1 aliphatic carbocycles. The van der Waals surface area contributed by atoms with Crippen molar-refractivity contribution >= 4 is 16.6 Å². The summed E-state index contributed by atoms with van der Waals surface area (Å²) in [6.45, 7) is 1.40. The third kappa shape index (κ3) is 4.48. The summed E-state index contributed by atoms with van der Waals surface area (Å²) in [5.74, 6) is 4.83. The molecule has 0 aliphatic heterocycles.